The Morgan fingerprint density at radius 3 is 2.68 bits per heavy atom. The molecule has 0 radical (unpaired) electrons. The van der Waals surface area contributed by atoms with Gasteiger partial charge in [-0.25, -0.2) is 4.98 Å². The predicted octanol–water partition coefficient (Wildman–Crippen LogP) is 0.869. The van der Waals surface area contributed by atoms with Crippen molar-refractivity contribution in [1.29, 1.82) is 0 Å². The van der Waals surface area contributed by atoms with Crippen LogP contribution in [0.25, 0.3) is 0 Å². The van der Waals surface area contributed by atoms with Crippen LogP contribution in [0.1, 0.15) is 30.6 Å². The molecule has 2 N–H and O–H groups in total. The van der Waals surface area contributed by atoms with E-state index in [2.05, 4.69) is 16.8 Å². The molecule has 1 atom stereocenters. The molecule has 1 unspecified atom stereocenters. The molecule has 0 aromatic carbocycles. The third kappa shape index (κ3) is 3.75. The molecule has 1 aliphatic heterocycles. The van der Waals surface area contributed by atoms with E-state index in [-0.39, 0.29) is 11.9 Å². The first-order chi connectivity index (χ1) is 9.10. The quantitative estimate of drug-likeness (QED) is 0.890. The average Bonchev–Trinajstić information content (AvgIpc) is 2.87. The number of likely N-dealkylation sites (N-methyl/N-ethyl adjacent to an activating group) is 1. The first-order valence-corrected chi connectivity index (χ1v) is 7.68. The summed E-state index contributed by atoms with van der Waals surface area (Å²) in [5.41, 5.74) is 6.63. The topological polar surface area (TPSA) is 62.5 Å². The number of nitrogens with zero attached hydrogens (tertiary/aromatic N) is 3. The maximum Gasteiger partial charge on any atom is 0.228 e. The molecule has 1 amide bonds. The van der Waals surface area contributed by atoms with Gasteiger partial charge in [-0.1, -0.05) is 6.92 Å². The van der Waals surface area contributed by atoms with Gasteiger partial charge in [-0.3, -0.25) is 4.79 Å². The third-order valence-corrected chi connectivity index (χ3v) is 4.56. The number of rotatable bonds is 4. The lowest BCUT2D eigenvalue weighted by atomic mass is 10.2. The fourth-order valence-corrected chi connectivity index (χ4v) is 2.97. The fourth-order valence-electron chi connectivity index (χ4n) is 2.19. The Kier molecular flexibility index (Phi) is 4.90. The van der Waals surface area contributed by atoms with Gasteiger partial charge in [0.15, 0.2) is 0 Å². The maximum absolute atomic E-state index is 12.2. The van der Waals surface area contributed by atoms with Gasteiger partial charge in [0.05, 0.1) is 18.2 Å². The van der Waals surface area contributed by atoms with E-state index in [0.717, 1.165) is 43.4 Å². The summed E-state index contributed by atoms with van der Waals surface area (Å²) in [7, 11) is 0. The van der Waals surface area contributed by atoms with Crippen LogP contribution in [-0.4, -0.2) is 53.4 Å². The number of piperazine rings is 1. The van der Waals surface area contributed by atoms with Crippen molar-refractivity contribution in [2.24, 2.45) is 5.73 Å². The van der Waals surface area contributed by atoms with Crippen molar-refractivity contribution in [3.63, 3.8) is 0 Å². The number of thiazole rings is 1. The molecule has 1 saturated heterocycles. The Morgan fingerprint density at radius 1 is 1.47 bits per heavy atom. The molecule has 6 heteroatoms. The average molecular weight is 282 g/mol. The molecule has 2 heterocycles. The zero-order chi connectivity index (χ0) is 13.8. The lowest BCUT2D eigenvalue weighted by molar-refractivity contribution is -0.132. The molecule has 1 aromatic heterocycles. The number of aromatic nitrogens is 1. The Balaban J connectivity index is 1.87. The van der Waals surface area contributed by atoms with Crippen molar-refractivity contribution in [1.82, 2.24) is 14.8 Å². The van der Waals surface area contributed by atoms with E-state index in [1.165, 1.54) is 11.3 Å². The van der Waals surface area contributed by atoms with Crippen LogP contribution in [0.3, 0.4) is 0 Å². The molecule has 2 rings (SSSR count). The molecule has 1 aliphatic rings. The zero-order valence-electron chi connectivity index (χ0n) is 11.6. The van der Waals surface area contributed by atoms with E-state index in [1.807, 2.05) is 17.2 Å². The van der Waals surface area contributed by atoms with Crippen molar-refractivity contribution in [2.75, 3.05) is 32.7 Å². The first kappa shape index (κ1) is 14.4. The van der Waals surface area contributed by atoms with Crippen LogP contribution in [0.2, 0.25) is 0 Å². The summed E-state index contributed by atoms with van der Waals surface area (Å²) >= 11 is 1.54. The molecule has 0 saturated carbocycles. The van der Waals surface area contributed by atoms with Gasteiger partial charge in [-0.2, -0.15) is 0 Å². The van der Waals surface area contributed by atoms with Gasteiger partial charge in [-0.05, 0) is 13.5 Å². The van der Waals surface area contributed by atoms with Gasteiger partial charge < -0.3 is 15.5 Å². The van der Waals surface area contributed by atoms with Crippen LogP contribution in [-0.2, 0) is 11.2 Å². The van der Waals surface area contributed by atoms with E-state index in [4.69, 9.17) is 5.73 Å². The highest BCUT2D eigenvalue weighted by atomic mass is 32.1. The van der Waals surface area contributed by atoms with Gasteiger partial charge >= 0.3 is 0 Å². The van der Waals surface area contributed by atoms with E-state index < -0.39 is 0 Å². The second-order valence-corrected chi connectivity index (χ2v) is 5.85. The largest absolute Gasteiger partial charge is 0.340 e. The lowest BCUT2D eigenvalue weighted by Crippen LogP contribution is -2.48. The minimum Gasteiger partial charge on any atom is -0.340 e. The van der Waals surface area contributed by atoms with E-state index in [9.17, 15) is 4.79 Å². The summed E-state index contributed by atoms with van der Waals surface area (Å²) in [4.78, 5) is 20.9. The normalized spacial score (nSPS) is 18.6. The minimum absolute atomic E-state index is 0.0537. The number of carbonyl (C=O) groups excluding carboxylic acids is 1. The molecule has 19 heavy (non-hydrogen) atoms. The van der Waals surface area contributed by atoms with Crippen LogP contribution in [0, 0.1) is 0 Å². The molecule has 106 valence electrons. The van der Waals surface area contributed by atoms with Crippen molar-refractivity contribution in [3.8, 4) is 0 Å². The molecule has 0 spiro atoms. The Hall–Kier alpha value is -0.980. The standard InChI is InChI=1S/C13H22N4OS/c1-3-16-4-6-17(7-5-16)12(18)8-11-9-19-13(15-11)10(2)14/h9-10H,3-8,14H2,1-2H3. The van der Waals surface area contributed by atoms with Crippen molar-refractivity contribution < 1.29 is 4.79 Å². The smallest absolute Gasteiger partial charge is 0.228 e. The van der Waals surface area contributed by atoms with Crippen LogP contribution in [0.4, 0.5) is 0 Å². The van der Waals surface area contributed by atoms with Crippen LogP contribution < -0.4 is 5.73 Å². The number of carbonyl (C=O) groups is 1. The number of hydrogen-bond donors (Lipinski definition) is 1. The van der Waals surface area contributed by atoms with Gasteiger partial charge in [0.25, 0.3) is 0 Å². The highest BCUT2D eigenvalue weighted by Crippen LogP contribution is 2.16. The number of nitrogens with two attached hydrogens (primary N) is 1. The maximum atomic E-state index is 12.2. The van der Waals surface area contributed by atoms with Gasteiger partial charge in [-0.15, -0.1) is 11.3 Å². The van der Waals surface area contributed by atoms with Crippen LogP contribution >= 0.6 is 11.3 Å². The number of amides is 1. The van der Waals surface area contributed by atoms with Crippen molar-refractivity contribution in [2.45, 2.75) is 26.3 Å². The van der Waals surface area contributed by atoms with Crippen LogP contribution in [0.15, 0.2) is 5.38 Å². The number of hydrogen-bond acceptors (Lipinski definition) is 5. The minimum atomic E-state index is -0.0537. The summed E-state index contributed by atoms with van der Waals surface area (Å²) in [6.07, 6.45) is 0.398. The second-order valence-electron chi connectivity index (χ2n) is 4.96. The summed E-state index contributed by atoms with van der Waals surface area (Å²) in [6, 6.07) is -0.0537. The SMILES string of the molecule is CCN1CCN(C(=O)Cc2csc(C(C)N)n2)CC1. The van der Waals surface area contributed by atoms with Crippen LogP contribution in [0.5, 0.6) is 0 Å². The second kappa shape index (κ2) is 6.45. The highest BCUT2D eigenvalue weighted by molar-refractivity contribution is 7.09. The Morgan fingerprint density at radius 2 is 2.16 bits per heavy atom. The monoisotopic (exact) mass is 282 g/mol. The first-order valence-electron chi connectivity index (χ1n) is 6.80. The summed E-state index contributed by atoms with van der Waals surface area (Å²) in [5.74, 6) is 0.178. The molecule has 1 aromatic rings. The molecule has 0 aliphatic carbocycles. The van der Waals surface area contributed by atoms with Gasteiger partial charge in [0.2, 0.25) is 5.91 Å². The summed E-state index contributed by atoms with van der Waals surface area (Å²) in [6.45, 7) is 8.74. The van der Waals surface area contributed by atoms with E-state index in [0.29, 0.717) is 6.42 Å². The van der Waals surface area contributed by atoms with Gasteiger partial charge in [0.1, 0.15) is 5.01 Å². The summed E-state index contributed by atoms with van der Waals surface area (Å²) in [5, 5.41) is 2.84. The van der Waals surface area contributed by atoms with Crippen molar-refractivity contribution >= 4 is 17.2 Å². The molecular weight excluding hydrogens is 260 g/mol. The van der Waals surface area contributed by atoms with Gasteiger partial charge in [0, 0.05) is 31.6 Å². The van der Waals surface area contributed by atoms with E-state index in [1.54, 1.807) is 0 Å². The highest BCUT2D eigenvalue weighted by Gasteiger charge is 2.21. The Bertz CT molecular complexity index is 424. The third-order valence-electron chi connectivity index (χ3n) is 3.46. The zero-order valence-corrected chi connectivity index (χ0v) is 12.4. The molecule has 0 bridgehead atoms. The van der Waals surface area contributed by atoms with Crippen molar-refractivity contribution in [3.05, 3.63) is 16.1 Å². The predicted molar refractivity (Wildman–Crippen MR) is 77.1 cm³/mol. The Labute approximate surface area is 118 Å². The summed E-state index contributed by atoms with van der Waals surface area (Å²) < 4.78 is 0. The lowest BCUT2D eigenvalue weighted by Gasteiger charge is -2.34. The molecular formula is C13H22N4OS. The molecule has 1 fully saturated rings. The van der Waals surface area contributed by atoms with E-state index >= 15 is 0 Å². The fraction of sp³-hybridized carbons (Fsp3) is 0.692. The molecule has 5 nitrogen and oxygen atoms in total.